The van der Waals surface area contributed by atoms with Crippen LogP contribution < -0.4 is 0 Å². The highest BCUT2D eigenvalue weighted by atomic mass is 35.5. The quantitative estimate of drug-likeness (QED) is 0.870. The number of aromatic nitrogens is 2. The van der Waals surface area contributed by atoms with Crippen molar-refractivity contribution in [3.63, 3.8) is 0 Å². The maximum Gasteiger partial charge on any atom is 0.356 e. The van der Waals surface area contributed by atoms with Gasteiger partial charge in [-0.15, -0.1) is 4.91 Å². The van der Waals surface area contributed by atoms with Crippen LogP contribution in [0.25, 0.3) is 11.3 Å². The molecule has 6 nitrogen and oxygen atoms in total. The Morgan fingerprint density at radius 2 is 2.26 bits per heavy atom. The van der Waals surface area contributed by atoms with E-state index in [4.69, 9.17) is 16.7 Å². The standard InChI is InChI=1S/C12H10ClN3O3/c1-2-16-11(12(17)18)10(15-19)9(14-16)7-4-3-5-8(13)6-7/h3-6H,2H2,1H3,(H,17,18). The molecule has 0 unspecified atom stereocenters. The maximum atomic E-state index is 11.2. The molecule has 0 atom stereocenters. The Kier molecular flexibility index (Phi) is 3.62. The van der Waals surface area contributed by atoms with E-state index in [2.05, 4.69) is 10.3 Å². The number of carboxylic acid groups (broad SMARTS) is 1. The minimum atomic E-state index is -1.24. The van der Waals surface area contributed by atoms with Crippen molar-refractivity contribution in [2.24, 2.45) is 5.18 Å². The minimum Gasteiger partial charge on any atom is -0.476 e. The highest BCUT2D eigenvalue weighted by molar-refractivity contribution is 6.30. The van der Waals surface area contributed by atoms with Gasteiger partial charge in [-0.25, -0.2) is 4.79 Å². The van der Waals surface area contributed by atoms with Gasteiger partial charge in [0.15, 0.2) is 11.4 Å². The average molecular weight is 280 g/mol. The van der Waals surface area contributed by atoms with E-state index in [-0.39, 0.29) is 17.1 Å². The average Bonchev–Trinajstić information content (AvgIpc) is 2.77. The van der Waals surface area contributed by atoms with Crippen molar-refractivity contribution >= 4 is 23.3 Å². The number of carbonyl (C=O) groups is 1. The normalized spacial score (nSPS) is 10.4. The Labute approximate surface area is 113 Å². The number of benzene rings is 1. The van der Waals surface area contributed by atoms with E-state index in [0.717, 1.165) is 0 Å². The highest BCUT2D eigenvalue weighted by Crippen LogP contribution is 2.33. The van der Waals surface area contributed by atoms with Crippen LogP contribution in [0.1, 0.15) is 17.4 Å². The van der Waals surface area contributed by atoms with Gasteiger partial charge in [0, 0.05) is 17.1 Å². The van der Waals surface area contributed by atoms with Gasteiger partial charge in [0.1, 0.15) is 5.69 Å². The molecule has 1 N–H and O–H groups in total. The smallest absolute Gasteiger partial charge is 0.356 e. The second kappa shape index (κ2) is 5.19. The number of aromatic carboxylic acids is 1. The molecule has 19 heavy (non-hydrogen) atoms. The highest BCUT2D eigenvalue weighted by Gasteiger charge is 2.24. The van der Waals surface area contributed by atoms with Crippen molar-refractivity contribution in [1.82, 2.24) is 9.78 Å². The van der Waals surface area contributed by atoms with E-state index in [1.807, 2.05) is 0 Å². The van der Waals surface area contributed by atoms with Crippen molar-refractivity contribution in [1.29, 1.82) is 0 Å². The van der Waals surface area contributed by atoms with Gasteiger partial charge < -0.3 is 5.11 Å². The van der Waals surface area contributed by atoms with E-state index < -0.39 is 5.97 Å². The van der Waals surface area contributed by atoms with Gasteiger partial charge in [-0.05, 0) is 24.2 Å². The third-order valence-corrected chi connectivity index (χ3v) is 2.85. The van der Waals surface area contributed by atoms with Gasteiger partial charge in [0.05, 0.1) is 0 Å². The lowest BCUT2D eigenvalue weighted by molar-refractivity contribution is 0.0684. The summed E-state index contributed by atoms with van der Waals surface area (Å²) in [4.78, 5) is 22.1. The third kappa shape index (κ3) is 2.34. The van der Waals surface area contributed by atoms with Crippen molar-refractivity contribution in [2.75, 3.05) is 0 Å². The molecular weight excluding hydrogens is 270 g/mol. The Morgan fingerprint density at radius 1 is 1.53 bits per heavy atom. The van der Waals surface area contributed by atoms with Crippen LogP contribution in [0.15, 0.2) is 29.4 Å². The lowest BCUT2D eigenvalue weighted by atomic mass is 10.1. The zero-order valence-corrected chi connectivity index (χ0v) is 10.8. The first-order chi connectivity index (χ1) is 9.08. The summed E-state index contributed by atoms with van der Waals surface area (Å²) < 4.78 is 1.23. The van der Waals surface area contributed by atoms with E-state index in [1.54, 1.807) is 31.2 Å². The van der Waals surface area contributed by atoms with Crippen LogP contribution >= 0.6 is 11.6 Å². The lowest BCUT2D eigenvalue weighted by Gasteiger charge is -1.97. The maximum absolute atomic E-state index is 11.2. The number of nitroso groups, excluding NO2 is 1. The van der Waals surface area contributed by atoms with Gasteiger partial charge >= 0.3 is 5.97 Å². The zero-order chi connectivity index (χ0) is 14.0. The Balaban J connectivity index is 2.70. The molecule has 98 valence electrons. The number of rotatable bonds is 4. The molecule has 0 spiro atoms. The van der Waals surface area contributed by atoms with Gasteiger partial charge in [-0.2, -0.15) is 5.10 Å². The molecule has 0 aliphatic heterocycles. The van der Waals surface area contributed by atoms with Crippen LogP contribution in [0.2, 0.25) is 5.02 Å². The summed E-state index contributed by atoms with van der Waals surface area (Å²) in [6.45, 7) is 2.06. The van der Waals surface area contributed by atoms with Crippen LogP contribution in [-0.4, -0.2) is 20.9 Å². The van der Waals surface area contributed by atoms with Crippen molar-refractivity contribution < 1.29 is 9.90 Å². The summed E-state index contributed by atoms with van der Waals surface area (Å²) in [5, 5.41) is 16.5. The van der Waals surface area contributed by atoms with E-state index >= 15 is 0 Å². The Hall–Kier alpha value is -2.21. The number of hydrogen-bond donors (Lipinski definition) is 1. The second-order valence-electron chi connectivity index (χ2n) is 3.77. The molecule has 0 aliphatic rings. The van der Waals surface area contributed by atoms with Crippen LogP contribution in [0, 0.1) is 4.91 Å². The SMILES string of the molecule is CCn1nc(-c2cccc(Cl)c2)c(N=O)c1C(=O)O. The molecule has 2 aromatic rings. The van der Waals surface area contributed by atoms with Crippen molar-refractivity contribution in [2.45, 2.75) is 13.5 Å². The molecule has 0 fully saturated rings. The number of aryl methyl sites for hydroxylation is 1. The molecular formula is C12H10ClN3O3. The van der Waals surface area contributed by atoms with Crippen LogP contribution in [-0.2, 0) is 6.54 Å². The van der Waals surface area contributed by atoms with Gasteiger partial charge in [0.25, 0.3) is 0 Å². The number of halogens is 1. The van der Waals surface area contributed by atoms with E-state index in [0.29, 0.717) is 17.1 Å². The van der Waals surface area contributed by atoms with Gasteiger partial charge in [-0.3, -0.25) is 4.68 Å². The summed E-state index contributed by atoms with van der Waals surface area (Å²) >= 11 is 5.87. The second-order valence-corrected chi connectivity index (χ2v) is 4.20. The van der Waals surface area contributed by atoms with Crippen molar-refractivity contribution in [3.8, 4) is 11.3 Å². The zero-order valence-electron chi connectivity index (χ0n) is 10.00. The fourth-order valence-electron chi connectivity index (χ4n) is 1.81. The monoisotopic (exact) mass is 279 g/mol. The fourth-order valence-corrected chi connectivity index (χ4v) is 2.00. The summed E-state index contributed by atoms with van der Waals surface area (Å²) in [7, 11) is 0. The van der Waals surface area contributed by atoms with Crippen LogP contribution in [0.5, 0.6) is 0 Å². The summed E-state index contributed by atoms with van der Waals surface area (Å²) in [5.41, 5.74) is 0.373. The van der Waals surface area contributed by atoms with E-state index in [1.165, 1.54) is 4.68 Å². The number of nitrogens with zero attached hydrogens (tertiary/aromatic N) is 3. The predicted octanol–water partition coefficient (Wildman–Crippen LogP) is 3.32. The van der Waals surface area contributed by atoms with Crippen molar-refractivity contribution in [3.05, 3.63) is 39.9 Å². The lowest BCUT2D eigenvalue weighted by Crippen LogP contribution is -2.08. The minimum absolute atomic E-state index is 0.184. The molecule has 1 heterocycles. The molecule has 0 saturated carbocycles. The summed E-state index contributed by atoms with van der Waals surface area (Å²) in [5.74, 6) is -1.24. The molecule has 7 heteroatoms. The summed E-state index contributed by atoms with van der Waals surface area (Å²) in [6.07, 6.45) is 0. The molecule has 1 aromatic heterocycles. The molecule has 0 aliphatic carbocycles. The molecule has 0 bridgehead atoms. The molecule has 0 amide bonds. The van der Waals surface area contributed by atoms with Gasteiger partial charge in [0.2, 0.25) is 0 Å². The third-order valence-electron chi connectivity index (χ3n) is 2.62. The first kappa shape index (κ1) is 13.2. The first-order valence-electron chi connectivity index (χ1n) is 5.51. The predicted molar refractivity (Wildman–Crippen MR) is 70.8 cm³/mol. The van der Waals surface area contributed by atoms with E-state index in [9.17, 15) is 9.70 Å². The van der Waals surface area contributed by atoms with Crippen LogP contribution in [0.3, 0.4) is 0 Å². The Morgan fingerprint density at radius 3 is 2.79 bits per heavy atom. The molecule has 0 radical (unpaired) electrons. The van der Waals surface area contributed by atoms with Gasteiger partial charge in [-0.1, -0.05) is 23.7 Å². The summed E-state index contributed by atoms with van der Waals surface area (Å²) in [6, 6.07) is 6.66. The fraction of sp³-hybridized carbons (Fsp3) is 0.167. The molecule has 0 saturated heterocycles. The number of hydrogen-bond acceptors (Lipinski definition) is 4. The molecule has 1 aromatic carbocycles. The largest absolute Gasteiger partial charge is 0.476 e. The first-order valence-corrected chi connectivity index (χ1v) is 5.89. The van der Waals surface area contributed by atoms with Crippen LogP contribution in [0.4, 0.5) is 5.69 Å². The molecule has 2 rings (SSSR count). The Bertz CT molecular complexity index is 652. The topological polar surface area (TPSA) is 84.5 Å². The number of carboxylic acids is 1.